The highest BCUT2D eigenvalue weighted by Crippen LogP contribution is 2.27. The number of ether oxygens (including phenoxy) is 1. The molecule has 72 valence electrons. The summed E-state index contributed by atoms with van der Waals surface area (Å²) < 4.78 is 5.24. The number of rotatable bonds is 2. The molecule has 0 aliphatic heterocycles. The van der Waals surface area contributed by atoms with Crippen molar-refractivity contribution in [2.24, 2.45) is 5.73 Å². The van der Waals surface area contributed by atoms with Gasteiger partial charge in [-0.25, -0.2) is 0 Å². The summed E-state index contributed by atoms with van der Waals surface area (Å²) in [7, 11) is 1.68. The molecule has 2 nitrogen and oxygen atoms in total. The third-order valence-electron chi connectivity index (χ3n) is 2.03. The highest BCUT2D eigenvalue weighted by Gasteiger charge is 2.07. The van der Waals surface area contributed by atoms with Crippen molar-refractivity contribution in [1.82, 2.24) is 0 Å². The molecule has 0 radical (unpaired) electrons. The summed E-state index contributed by atoms with van der Waals surface area (Å²) in [6, 6.07) is 4.01. The van der Waals surface area contributed by atoms with Gasteiger partial charge in [0.2, 0.25) is 0 Å². The number of benzene rings is 1. The Hall–Kier alpha value is -0.670. The summed E-state index contributed by atoms with van der Waals surface area (Å²) in [6.45, 7) is 4.01. The van der Waals surface area contributed by atoms with E-state index in [2.05, 4.69) is 12.6 Å². The lowest BCUT2D eigenvalue weighted by molar-refractivity contribution is 0.408. The molecule has 1 aromatic carbocycles. The maximum absolute atomic E-state index is 5.67. The molecule has 1 unspecified atom stereocenters. The van der Waals surface area contributed by atoms with Gasteiger partial charge in [-0.1, -0.05) is 0 Å². The second kappa shape index (κ2) is 4.03. The van der Waals surface area contributed by atoms with Crippen LogP contribution in [0.2, 0.25) is 0 Å². The van der Waals surface area contributed by atoms with Crippen LogP contribution in [-0.4, -0.2) is 7.11 Å². The van der Waals surface area contributed by atoms with E-state index in [-0.39, 0.29) is 5.37 Å². The van der Waals surface area contributed by atoms with Crippen LogP contribution < -0.4 is 10.5 Å². The van der Waals surface area contributed by atoms with Crippen molar-refractivity contribution in [3.8, 4) is 5.75 Å². The fourth-order valence-electron chi connectivity index (χ4n) is 1.48. The summed E-state index contributed by atoms with van der Waals surface area (Å²) in [5.41, 5.74) is 8.89. The normalized spacial score (nSPS) is 12.7. The van der Waals surface area contributed by atoms with Crippen molar-refractivity contribution in [2.75, 3.05) is 7.11 Å². The van der Waals surface area contributed by atoms with Gasteiger partial charge >= 0.3 is 0 Å². The van der Waals surface area contributed by atoms with Crippen molar-refractivity contribution in [3.05, 3.63) is 28.8 Å². The lowest BCUT2D eigenvalue weighted by Crippen LogP contribution is -2.04. The van der Waals surface area contributed by atoms with Crippen molar-refractivity contribution in [2.45, 2.75) is 19.2 Å². The van der Waals surface area contributed by atoms with Gasteiger partial charge in [0.1, 0.15) is 5.75 Å². The van der Waals surface area contributed by atoms with E-state index in [4.69, 9.17) is 10.5 Å². The molecule has 2 N–H and O–H groups in total. The average molecular weight is 197 g/mol. The number of aryl methyl sites for hydroxylation is 2. The van der Waals surface area contributed by atoms with E-state index in [9.17, 15) is 0 Å². The van der Waals surface area contributed by atoms with Crippen molar-refractivity contribution < 1.29 is 4.74 Å². The van der Waals surface area contributed by atoms with E-state index >= 15 is 0 Å². The maximum Gasteiger partial charge on any atom is 0.124 e. The Balaban J connectivity index is 3.20. The summed E-state index contributed by atoms with van der Waals surface area (Å²) >= 11 is 4.18. The quantitative estimate of drug-likeness (QED) is 0.563. The second-order valence-electron chi connectivity index (χ2n) is 3.13. The average Bonchev–Trinajstić information content (AvgIpc) is 2.03. The van der Waals surface area contributed by atoms with Crippen molar-refractivity contribution in [3.63, 3.8) is 0 Å². The first-order valence-corrected chi connectivity index (χ1v) is 4.66. The lowest BCUT2D eigenvalue weighted by Gasteiger charge is -2.12. The van der Waals surface area contributed by atoms with Gasteiger partial charge in [-0.15, -0.1) is 0 Å². The van der Waals surface area contributed by atoms with Gasteiger partial charge in [-0.3, -0.25) is 0 Å². The Morgan fingerprint density at radius 2 is 1.77 bits per heavy atom. The molecule has 0 aromatic heterocycles. The smallest absolute Gasteiger partial charge is 0.124 e. The fraction of sp³-hybridized carbons (Fsp3) is 0.400. The molecule has 1 atom stereocenters. The Labute approximate surface area is 84.5 Å². The predicted octanol–water partition coefficient (Wildman–Crippen LogP) is 2.20. The summed E-state index contributed by atoms with van der Waals surface area (Å²) in [5.74, 6) is 0.928. The largest absolute Gasteiger partial charge is 0.496 e. The minimum Gasteiger partial charge on any atom is -0.496 e. The zero-order valence-corrected chi connectivity index (χ0v) is 9.06. The van der Waals surface area contributed by atoms with E-state index in [1.54, 1.807) is 7.11 Å². The van der Waals surface area contributed by atoms with Crippen LogP contribution in [0.5, 0.6) is 5.75 Å². The summed E-state index contributed by atoms with van der Waals surface area (Å²) in [5, 5.41) is -0.219. The van der Waals surface area contributed by atoms with Gasteiger partial charge in [0.25, 0.3) is 0 Å². The Kier molecular flexibility index (Phi) is 3.22. The zero-order chi connectivity index (χ0) is 10.0. The van der Waals surface area contributed by atoms with Gasteiger partial charge in [0.15, 0.2) is 0 Å². The lowest BCUT2D eigenvalue weighted by atomic mass is 10.1. The van der Waals surface area contributed by atoms with E-state index in [1.165, 1.54) is 0 Å². The highest BCUT2D eigenvalue weighted by atomic mass is 32.1. The SMILES string of the molecule is COc1c(C)cc(C(N)S)cc1C. The first kappa shape index (κ1) is 10.4. The number of thiol groups is 1. The first-order valence-electron chi connectivity index (χ1n) is 4.15. The molecule has 0 spiro atoms. The van der Waals surface area contributed by atoms with Gasteiger partial charge < -0.3 is 10.5 Å². The Bertz CT molecular complexity index is 287. The van der Waals surface area contributed by atoms with Crippen LogP contribution in [0.3, 0.4) is 0 Å². The van der Waals surface area contributed by atoms with E-state index < -0.39 is 0 Å². The second-order valence-corrected chi connectivity index (χ2v) is 3.69. The van der Waals surface area contributed by atoms with E-state index in [1.807, 2.05) is 26.0 Å². The van der Waals surface area contributed by atoms with Gasteiger partial charge in [0, 0.05) is 0 Å². The summed E-state index contributed by atoms with van der Waals surface area (Å²) in [4.78, 5) is 0. The monoisotopic (exact) mass is 197 g/mol. The molecule has 0 amide bonds. The molecule has 0 heterocycles. The van der Waals surface area contributed by atoms with Crippen LogP contribution in [0, 0.1) is 13.8 Å². The molecule has 3 heteroatoms. The minimum absolute atomic E-state index is 0.219. The molecule has 1 aromatic rings. The fourth-order valence-corrected chi connectivity index (χ4v) is 1.63. The number of hydrogen-bond donors (Lipinski definition) is 2. The standard InChI is InChI=1S/C10H15NOS/c1-6-4-8(10(11)13)5-7(2)9(6)12-3/h4-5,10,13H,11H2,1-3H3. The van der Waals surface area contributed by atoms with Crippen LogP contribution in [0.1, 0.15) is 22.1 Å². The minimum atomic E-state index is -0.219. The van der Waals surface area contributed by atoms with E-state index in [0.29, 0.717) is 0 Å². The zero-order valence-electron chi connectivity index (χ0n) is 8.16. The van der Waals surface area contributed by atoms with Crippen molar-refractivity contribution >= 4 is 12.6 Å². The topological polar surface area (TPSA) is 35.2 Å². The highest BCUT2D eigenvalue weighted by molar-refractivity contribution is 7.80. The van der Waals surface area contributed by atoms with Gasteiger partial charge in [-0.05, 0) is 42.7 Å². The molecule has 0 aliphatic carbocycles. The molecule has 1 rings (SSSR count). The molecule has 0 aliphatic rings. The van der Waals surface area contributed by atoms with Crippen molar-refractivity contribution in [1.29, 1.82) is 0 Å². The third kappa shape index (κ3) is 2.17. The predicted molar refractivity (Wildman–Crippen MR) is 58.4 cm³/mol. The molecule has 0 fully saturated rings. The third-order valence-corrected chi connectivity index (χ3v) is 2.33. The van der Waals surface area contributed by atoms with Gasteiger partial charge in [0.05, 0.1) is 12.5 Å². The van der Waals surface area contributed by atoms with Crippen LogP contribution in [0.25, 0.3) is 0 Å². The summed E-state index contributed by atoms with van der Waals surface area (Å²) in [6.07, 6.45) is 0. The maximum atomic E-state index is 5.67. The Morgan fingerprint density at radius 1 is 1.31 bits per heavy atom. The molecule has 0 bridgehead atoms. The Morgan fingerprint density at radius 3 is 2.08 bits per heavy atom. The first-order chi connectivity index (χ1) is 6.06. The van der Waals surface area contributed by atoms with E-state index in [0.717, 1.165) is 22.4 Å². The van der Waals surface area contributed by atoms with Crippen LogP contribution in [0.15, 0.2) is 12.1 Å². The molecule has 0 saturated heterocycles. The molecular formula is C10H15NOS. The van der Waals surface area contributed by atoms with Crippen LogP contribution in [-0.2, 0) is 0 Å². The molecule has 13 heavy (non-hydrogen) atoms. The molecule has 0 saturated carbocycles. The number of hydrogen-bond acceptors (Lipinski definition) is 3. The van der Waals surface area contributed by atoms with Gasteiger partial charge in [-0.2, -0.15) is 12.6 Å². The van der Waals surface area contributed by atoms with Crippen LogP contribution in [0.4, 0.5) is 0 Å². The number of nitrogens with two attached hydrogens (primary N) is 1. The number of methoxy groups -OCH3 is 1. The van der Waals surface area contributed by atoms with Crippen LogP contribution >= 0.6 is 12.6 Å². The molecular weight excluding hydrogens is 182 g/mol.